The highest BCUT2D eigenvalue weighted by Gasteiger charge is 2.32. The standard InChI is InChI=1S/C21H22N2O4/c1-3-26-17-11-9-16(10-12-17)19-18(14(2)22-21(25)23-19)20(24)27-13-15-7-5-4-6-8-15/h4-12,19H,3,13H2,1-2H3,(H2,22,23,25)/t19-/m0/s1. The van der Waals surface area contributed by atoms with Crippen LogP contribution >= 0.6 is 0 Å². The molecule has 6 heteroatoms. The number of nitrogens with one attached hydrogen (secondary N) is 2. The van der Waals surface area contributed by atoms with Gasteiger partial charge < -0.3 is 20.1 Å². The van der Waals surface area contributed by atoms with Crippen molar-refractivity contribution in [2.75, 3.05) is 6.61 Å². The van der Waals surface area contributed by atoms with Gasteiger partial charge in [0.15, 0.2) is 0 Å². The van der Waals surface area contributed by atoms with Crippen LogP contribution < -0.4 is 15.4 Å². The minimum Gasteiger partial charge on any atom is -0.494 e. The molecule has 0 spiro atoms. The predicted octanol–water partition coefficient (Wildman–Crippen LogP) is 3.46. The van der Waals surface area contributed by atoms with E-state index in [1.807, 2.05) is 61.5 Å². The number of urea groups is 1. The van der Waals surface area contributed by atoms with Gasteiger partial charge >= 0.3 is 12.0 Å². The van der Waals surface area contributed by atoms with Crippen molar-refractivity contribution in [1.82, 2.24) is 10.6 Å². The molecule has 3 rings (SSSR count). The maximum atomic E-state index is 12.7. The van der Waals surface area contributed by atoms with E-state index in [9.17, 15) is 9.59 Å². The first-order valence-corrected chi connectivity index (χ1v) is 8.80. The van der Waals surface area contributed by atoms with Gasteiger partial charge in [-0.2, -0.15) is 0 Å². The molecule has 0 fully saturated rings. The zero-order chi connectivity index (χ0) is 19.2. The largest absolute Gasteiger partial charge is 0.494 e. The fraction of sp³-hybridized carbons (Fsp3) is 0.238. The number of hydrogen-bond donors (Lipinski definition) is 2. The van der Waals surface area contributed by atoms with Gasteiger partial charge in [0.25, 0.3) is 0 Å². The third kappa shape index (κ3) is 4.47. The van der Waals surface area contributed by atoms with Crippen LogP contribution in [0.4, 0.5) is 4.79 Å². The van der Waals surface area contributed by atoms with Gasteiger partial charge in [-0.05, 0) is 37.1 Å². The summed E-state index contributed by atoms with van der Waals surface area (Å²) in [6, 6.07) is 15.8. The molecule has 0 saturated heterocycles. The second-order valence-electron chi connectivity index (χ2n) is 6.13. The van der Waals surface area contributed by atoms with E-state index in [4.69, 9.17) is 9.47 Å². The average molecular weight is 366 g/mol. The van der Waals surface area contributed by atoms with E-state index in [0.29, 0.717) is 17.9 Å². The van der Waals surface area contributed by atoms with Crippen LogP contribution in [0.3, 0.4) is 0 Å². The second-order valence-corrected chi connectivity index (χ2v) is 6.13. The van der Waals surface area contributed by atoms with E-state index in [0.717, 1.165) is 16.9 Å². The number of carbonyl (C=O) groups is 2. The van der Waals surface area contributed by atoms with Gasteiger partial charge in [-0.3, -0.25) is 0 Å². The monoisotopic (exact) mass is 366 g/mol. The van der Waals surface area contributed by atoms with Gasteiger partial charge in [0.1, 0.15) is 12.4 Å². The topological polar surface area (TPSA) is 76.7 Å². The number of carbonyl (C=O) groups excluding carboxylic acids is 2. The Hall–Kier alpha value is -3.28. The van der Waals surface area contributed by atoms with Gasteiger partial charge in [0, 0.05) is 5.70 Å². The molecule has 0 bridgehead atoms. The second kappa shape index (κ2) is 8.40. The van der Waals surface area contributed by atoms with Crippen molar-refractivity contribution >= 4 is 12.0 Å². The number of allylic oxidation sites excluding steroid dienone is 1. The number of rotatable bonds is 6. The Morgan fingerprint density at radius 2 is 1.78 bits per heavy atom. The normalized spacial score (nSPS) is 16.4. The number of hydrogen-bond acceptors (Lipinski definition) is 4. The first-order chi connectivity index (χ1) is 13.1. The molecule has 2 N–H and O–H groups in total. The molecule has 27 heavy (non-hydrogen) atoms. The summed E-state index contributed by atoms with van der Waals surface area (Å²) in [7, 11) is 0. The zero-order valence-corrected chi connectivity index (χ0v) is 15.3. The van der Waals surface area contributed by atoms with Crippen molar-refractivity contribution in [3.63, 3.8) is 0 Å². The molecule has 6 nitrogen and oxygen atoms in total. The van der Waals surface area contributed by atoms with Gasteiger partial charge in [-0.1, -0.05) is 42.5 Å². The smallest absolute Gasteiger partial charge is 0.338 e. The molecule has 0 saturated carbocycles. The van der Waals surface area contributed by atoms with Crippen molar-refractivity contribution in [3.05, 3.63) is 77.0 Å². The maximum Gasteiger partial charge on any atom is 0.338 e. The lowest BCUT2D eigenvalue weighted by molar-refractivity contribution is -0.140. The summed E-state index contributed by atoms with van der Waals surface area (Å²) in [4.78, 5) is 24.7. The lowest BCUT2D eigenvalue weighted by atomic mass is 9.95. The molecule has 0 unspecified atom stereocenters. The molecule has 1 heterocycles. The summed E-state index contributed by atoms with van der Waals surface area (Å²) in [6.45, 7) is 4.34. The molecule has 140 valence electrons. The summed E-state index contributed by atoms with van der Waals surface area (Å²) in [5, 5.41) is 5.44. The molecule has 2 aromatic carbocycles. The quantitative estimate of drug-likeness (QED) is 0.768. The first-order valence-electron chi connectivity index (χ1n) is 8.80. The van der Waals surface area contributed by atoms with Gasteiger partial charge in [-0.25, -0.2) is 9.59 Å². The number of ether oxygens (including phenoxy) is 2. The summed E-state index contributed by atoms with van der Waals surface area (Å²) in [5.41, 5.74) is 2.54. The lowest BCUT2D eigenvalue weighted by Gasteiger charge is -2.28. The van der Waals surface area contributed by atoms with Crippen molar-refractivity contribution < 1.29 is 19.1 Å². The van der Waals surface area contributed by atoms with E-state index in [1.165, 1.54) is 0 Å². The molecule has 1 atom stereocenters. The molecular weight excluding hydrogens is 344 g/mol. The van der Waals surface area contributed by atoms with E-state index in [1.54, 1.807) is 6.92 Å². The fourth-order valence-corrected chi connectivity index (χ4v) is 2.94. The van der Waals surface area contributed by atoms with Crippen LogP contribution in [0.15, 0.2) is 65.9 Å². The Morgan fingerprint density at radius 1 is 1.07 bits per heavy atom. The lowest BCUT2D eigenvalue weighted by Crippen LogP contribution is -2.45. The van der Waals surface area contributed by atoms with Crippen molar-refractivity contribution in [1.29, 1.82) is 0 Å². The minimum absolute atomic E-state index is 0.167. The Labute approximate surface area is 158 Å². The van der Waals surface area contributed by atoms with Crippen LogP contribution in [0, 0.1) is 0 Å². The molecule has 0 aromatic heterocycles. The Morgan fingerprint density at radius 3 is 2.44 bits per heavy atom. The third-order valence-corrected chi connectivity index (χ3v) is 4.23. The summed E-state index contributed by atoms with van der Waals surface area (Å²) < 4.78 is 10.9. The first kappa shape index (κ1) is 18.5. The molecule has 2 aromatic rings. The highest BCUT2D eigenvalue weighted by atomic mass is 16.5. The minimum atomic E-state index is -0.585. The number of esters is 1. The number of benzene rings is 2. The van der Waals surface area contributed by atoms with E-state index in [2.05, 4.69) is 10.6 Å². The van der Waals surface area contributed by atoms with Gasteiger partial charge in [0.2, 0.25) is 0 Å². The summed E-state index contributed by atoms with van der Waals surface area (Å²) in [5.74, 6) is 0.262. The summed E-state index contributed by atoms with van der Waals surface area (Å²) in [6.07, 6.45) is 0. The SMILES string of the molecule is CCOc1ccc([C@@H]2NC(=O)NC(C)=C2C(=O)OCc2ccccc2)cc1. The summed E-state index contributed by atoms with van der Waals surface area (Å²) >= 11 is 0. The van der Waals surface area contributed by atoms with E-state index < -0.39 is 12.0 Å². The molecule has 0 aliphatic carbocycles. The average Bonchev–Trinajstić information content (AvgIpc) is 2.67. The van der Waals surface area contributed by atoms with Crippen molar-refractivity contribution in [3.8, 4) is 5.75 Å². The van der Waals surface area contributed by atoms with Crippen LogP contribution in [0.2, 0.25) is 0 Å². The maximum absolute atomic E-state index is 12.7. The molecule has 1 aliphatic heterocycles. The van der Waals surface area contributed by atoms with Crippen LogP contribution in [-0.4, -0.2) is 18.6 Å². The van der Waals surface area contributed by atoms with Crippen molar-refractivity contribution in [2.45, 2.75) is 26.5 Å². The fourth-order valence-electron chi connectivity index (χ4n) is 2.94. The van der Waals surface area contributed by atoms with Crippen LogP contribution in [0.5, 0.6) is 5.75 Å². The highest BCUT2D eigenvalue weighted by molar-refractivity contribution is 5.95. The molecule has 2 amide bonds. The molecular formula is C21H22N2O4. The highest BCUT2D eigenvalue weighted by Crippen LogP contribution is 2.29. The van der Waals surface area contributed by atoms with E-state index >= 15 is 0 Å². The van der Waals surface area contributed by atoms with Crippen molar-refractivity contribution in [2.24, 2.45) is 0 Å². The van der Waals surface area contributed by atoms with Gasteiger partial charge in [-0.15, -0.1) is 0 Å². The molecule has 0 radical (unpaired) electrons. The van der Waals surface area contributed by atoms with E-state index in [-0.39, 0.29) is 12.6 Å². The Balaban J connectivity index is 1.81. The Bertz CT molecular complexity index is 844. The van der Waals surface area contributed by atoms with Crippen LogP contribution in [0.1, 0.15) is 31.0 Å². The third-order valence-electron chi connectivity index (χ3n) is 4.23. The number of amides is 2. The zero-order valence-electron chi connectivity index (χ0n) is 15.3. The van der Waals surface area contributed by atoms with Gasteiger partial charge in [0.05, 0.1) is 18.2 Å². The predicted molar refractivity (Wildman–Crippen MR) is 101 cm³/mol. The molecule has 1 aliphatic rings. The Kier molecular flexibility index (Phi) is 5.76. The van der Waals surface area contributed by atoms with Crippen LogP contribution in [0.25, 0.3) is 0 Å². The van der Waals surface area contributed by atoms with Crippen LogP contribution in [-0.2, 0) is 16.1 Å².